The van der Waals surface area contributed by atoms with E-state index in [0.717, 1.165) is 30.1 Å². The second-order valence-corrected chi connectivity index (χ2v) is 6.32. The quantitative estimate of drug-likeness (QED) is 0.191. The molecule has 8 heteroatoms. The van der Waals surface area contributed by atoms with Crippen LogP contribution >= 0.6 is 20.2 Å². The molecule has 0 bridgehead atoms. The van der Waals surface area contributed by atoms with Gasteiger partial charge in [-0.3, -0.25) is 9.88 Å². The third-order valence-corrected chi connectivity index (χ3v) is 3.08. The summed E-state index contributed by atoms with van der Waals surface area (Å²) in [7, 11) is 13.1. The van der Waals surface area contributed by atoms with Crippen LogP contribution in [0.3, 0.4) is 0 Å². The molecule has 127 valence electrons. The summed E-state index contributed by atoms with van der Waals surface area (Å²) in [6.07, 6.45) is 1.74. The first-order valence-corrected chi connectivity index (χ1v) is 9.44. The molecule has 2 rings (SSSR count). The van der Waals surface area contributed by atoms with Crippen LogP contribution in [0.1, 0.15) is 11.3 Å². The Labute approximate surface area is 156 Å². The van der Waals surface area contributed by atoms with E-state index in [4.69, 9.17) is 0 Å². The van der Waals surface area contributed by atoms with Gasteiger partial charge in [0.25, 0.3) is 0 Å². The first-order chi connectivity index (χ1) is 11.1. The van der Waals surface area contributed by atoms with Crippen LogP contribution in [0.15, 0.2) is 59.8 Å². The Hall–Kier alpha value is -1.01. The van der Waals surface area contributed by atoms with Gasteiger partial charge >= 0.3 is 33.3 Å². The van der Waals surface area contributed by atoms with Crippen LogP contribution in [-0.2, 0) is 25.4 Å². The van der Waals surface area contributed by atoms with Gasteiger partial charge in [-0.05, 0) is 26.2 Å². The number of rotatable bonds is 3. The second kappa shape index (κ2) is 11.5. The van der Waals surface area contributed by atoms with Crippen molar-refractivity contribution in [2.45, 2.75) is 0 Å². The molecule has 0 saturated heterocycles. The van der Waals surface area contributed by atoms with Crippen LogP contribution in [0, 0.1) is 0 Å². The van der Waals surface area contributed by atoms with Gasteiger partial charge in [0.2, 0.25) is 0 Å². The normalized spacial score (nSPS) is 10.9. The molecule has 0 unspecified atom stereocenters. The minimum absolute atomic E-state index is 0.536. The van der Waals surface area contributed by atoms with Gasteiger partial charge in [-0.25, -0.2) is 0 Å². The molecule has 23 heavy (non-hydrogen) atoms. The molecule has 0 aliphatic rings. The summed E-state index contributed by atoms with van der Waals surface area (Å²) in [6, 6.07) is 15.6. The van der Waals surface area contributed by atoms with Crippen molar-refractivity contribution in [1.82, 2.24) is 9.88 Å². The molecule has 0 spiro atoms. The van der Waals surface area contributed by atoms with Crippen molar-refractivity contribution in [2.24, 2.45) is 5.10 Å². The molecule has 0 amide bonds. The van der Waals surface area contributed by atoms with E-state index in [-0.39, 0.29) is 0 Å². The Bertz CT molecular complexity index is 582. The van der Waals surface area contributed by atoms with Gasteiger partial charge in [0.15, 0.2) is 17.3 Å². The van der Waals surface area contributed by atoms with Crippen LogP contribution < -0.4 is 0 Å². The van der Waals surface area contributed by atoms with Gasteiger partial charge in [-0.1, -0.05) is 36.4 Å². The fourth-order valence-corrected chi connectivity index (χ4v) is 1.58. The Morgan fingerprint density at radius 3 is 2.26 bits per heavy atom. The first kappa shape index (κ1) is 20.0. The average molecular weight is 419 g/mol. The maximum absolute atomic E-state index is 4.67. The maximum atomic E-state index is 4.67. The van der Waals surface area contributed by atoms with Gasteiger partial charge < -0.3 is 10.5 Å². The Morgan fingerprint density at radius 2 is 1.74 bits per heavy atom. The fraction of sp³-hybridized carbons (Fsp3) is 0.133. The van der Waals surface area contributed by atoms with E-state index in [1.807, 2.05) is 62.6 Å². The van der Waals surface area contributed by atoms with Crippen molar-refractivity contribution in [3.8, 4) is 0 Å². The monoisotopic (exact) mass is 417 g/mol. The summed E-state index contributed by atoms with van der Waals surface area (Å²) in [5, 5.41) is 4.85. The van der Waals surface area contributed by atoms with E-state index in [1.165, 1.54) is 0 Å². The second-order valence-electron chi connectivity index (χ2n) is 4.37. The number of halogens is 2. The first-order valence-electron chi connectivity index (χ1n) is 6.40. The molecule has 0 aliphatic carbocycles. The van der Waals surface area contributed by atoms with E-state index in [9.17, 15) is 0 Å². The van der Waals surface area contributed by atoms with Crippen LogP contribution in [0.2, 0.25) is 0 Å². The zero-order chi connectivity index (χ0) is 17.1. The Morgan fingerprint density at radius 1 is 1.13 bits per heavy atom. The Balaban J connectivity index is 0.000000816. The van der Waals surface area contributed by atoms with E-state index in [2.05, 4.69) is 47.9 Å². The van der Waals surface area contributed by atoms with E-state index in [1.54, 1.807) is 11.1 Å². The minimum atomic E-state index is 0.536. The van der Waals surface area contributed by atoms with Gasteiger partial charge in [0.05, 0.1) is 11.4 Å². The van der Waals surface area contributed by atoms with Crippen LogP contribution in [0.4, 0.5) is 0 Å². The van der Waals surface area contributed by atoms with Gasteiger partial charge in [0.1, 0.15) is 0 Å². The molecule has 0 atom stereocenters. The fourth-order valence-electron chi connectivity index (χ4n) is 1.54. The number of nitrogens with zero attached hydrogens (tertiary/aromatic N) is 4. The van der Waals surface area contributed by atoms with Crippen LogP contribution in [0.5, 0.6) is 0 Å². The summed E-state index contributed by atoms with van der Waals surface area (Å²) >= 11 is 5.03. The van der Waals surface area contributed by atoms with E-state index in [0.29, 0.717) is 5.11 Å². The molecule has 0 N–H and O–H groups in total. The van der Waals surface area contributed by atoms with Crippen molar-refractivity contribution < 1.29 is 13.1 Å². The van der Waals surface area contributed by atoms with Crippen molar-refractivity contribution in [1.29, 1.82) is 0 Å². The van der Waals surface area contributed by atoms with Crippen molar-refractivity contribution in [2.75, 3.05) is 14.1 Å². The average Bonchev–Trinajstić information content (AvgIpc) is 2.57. The third kappa shape index (κ3) is 7.40. The molecule has 0 fully saturated rings. The van der Waals surface area contributed by atoms with Crippen LogP contribution in [-0.4, -0.2) is 34.8 Å². The zero-order valence-electron chi connectivity index (χ0n) is 12.5. The van der Waals surface area contributed by atoms with Crippen LogP contribution in [0.25, 0.3) is 5.43 Å². The van der Waals surface area contributed by atoms with Crippen molar-refractivity contribution >= 4 is 43.2 Å². The molecule has 1 aromatic heterocycles. The summed E-state index contributed by atoms with van der Waals surface area (Å²) in [4.78, 5) is 6.13. The predicted molar refractivity (Wildman–Crippen MR) is 98.8 cm³/mol. The van der Waals surface area contributed by atoms with E-state index < -0.39 is 0 Å². The molecular weight excluding hydrogens is 403 g/mol. The number of pyridine rings is 1. The summed E-state index contributed by atoms with van der Waals surface area (Å²) in [5.41, 5.74) is 6.60. The number of hydrogen-bond donors (Lipinski definition) is 0. The summed E-state index contributed by atoms with van der Waals surface area (Å²) in [6.45, 7) is 0. The van der Waals surface area contributed by atoms with Crippen molar-refractivity contribution in [3.05, 3.63) is 71.4 Å². The van der Waals surface area contributed by atoms with Gasteiger partial charge in [-0.2, -0.15) is 0 Å². The van der Waals surface area contributed by atoms with E-state index >= 15 is 0 Å². The Kier molecular flexibility index (Phi) is 10.0. The number of aromatic nitrogens is 1. The molecule has 4 nitrogen and oxygen atoms in total. The molecule has 1 aromatic carbocycles. The van der Waals surface area contributed by atoms with Gasteiger partial charge in [0, 0.05) is 11.8 Å². The molecule has 1 heterocycles. The topological polar surface area (TPSA) is 42.6 Å². The summed E-state index contributed by atoms with van der Waals surface area (Å²) in [5.74, 6) is 0. The number of thiol groups is 1. The molecular formula is C15H16Cl2CuN4S. The van der Waals surface area contributed by atoms with Gasteiger partial charge in [-0.15, -0.1) is 0 Å². The number of hydrogen-bond acceptors (Lipinski definition) is 2. The SMILES string of the molecule is CN(C)C(=[SH+])[N-]N=C(c1ccccc1)c1ccccn1.[Cl][Cu][Cl]. The summed E-state index contributed by atoms with van der Waals surface area (Å²) < 4.78 is 0. The molecule has 0 saturated carbocycles. The number of benzene rings is 1. The molecule has 0 aliphatic heterocycles. The molecule has 2 aromatic rings. The third-order valence-electron chi connectivity index (χ3n) is 2.59. The molecule has 0 radical (unpaired) electrons. The zero-order valence-corrected chi connectivity index (χ0v) is 15.8. The predicted octanol–water partition coefficient (Wildman–Crippen LogP) is 3.51. The standard InChI is InChI=1S/C15H16N4S.2ClH.Cu/c1-19(2)15(20)18-17-14(12-8-4-3-5-9-12)13-10-6-7-11-16-13;;;/h3-11H,1-2H3,(H,16,18,20);2*1H;/q;;;+2/p-2. The van der Waals surface area contributed by atoms with Crippen molar-refractivity contribution in [3.63, 3.8) is 0 Å².